The van der Waals surface area contributed by atoms with Crippen molar-refractivity contribution in [1.82, 2.24) is 0 Å². The zero-order valence-electron chi connectivity index (χ0n) is 22.3. The predicted octanol–water partition coefficient (Wildman–Crippen LogP) is 3.11. The first-order valence-electron chi connectivity index (χ1n) is 12.7. The Bertz CT molecular complexity index is 1430. The summed E-state index contributed by atoms with van der Waals surface area (Å²) < 4.78 is 47.6. The van der Waals surface area contributed by atoms with Crippen LogP contribution in [0, 0.1) is 6.92 Å². The lowest BCUT2D eigenvalue weighted by Crippen LogP contribution is -2.66. The van der Waals surface area contributed by atoms with E-state index in [4.69, 9.17) is 49.5 Å². The summed E-state index contributed by atoms with van der Waals surface area (Å²) in [4.78, 5) is 39.7. The number of hydrogen-bond acceptors (Lipinski definition) is 11. The van der Waals surface area contributed by atoms with Crippen LogP contribution in [0.25, 0.3) is 0 Å². The van der Waals surface area contributed by atoms with E-state index in [2.05, 4.69) is 0 Å². The molecule has 1 unspecified atom stereocenters. The Kier molecular flexibility index (Phi) is 6.74. The number of benzene rings is 2. The van der Waals surface area contributed by atoms with Gasteiger partial charge in [-0.1, -0.05) is 11.6 Å². The van der Waals surface area contributed by atoms with Gasteiger partial charge < -0.3 is 37.9 Å². The highest BCUT2D eigenvalue weighted by Crippen LogP contribution is 2.53. The van der Waals surface area contributed by atoms with Crippen molar-refractivity contribution < 1.29 is 52.3 Å². The maximum Gasteiger partial charge on any atom is 0.308 e. The summed E-state index contributed by atoms with van der Waals surface area (Å²) in [5.41, 5.74) is -0.166. The number of ether oxygens (including phenoxy) is 8. The largest absolute Gasteiger partial charge is 0.460 e. The van der Waals surface area contributed by atoms with Gasteiger partial charge in [0, 0.05) is 37.8 Å². The number of ketones is 2. The second kappa shape index (κ2) is 9.88. The molecule has 6 rings (SSSR count). The van der Waals surface area contributed by atoms with Crippen LogP contribution in [0.3, 0.4) is 0 Å². The first-order chi connectivity index (χ1) is 19.2. The van der Waals surface area contributed by atoms with Gasteiger partial charge in [0.2, 0.25) is 24.0 Å². The molecular formula is C28H27ClO11. The number of hydrogen-bond donors (Lipinski definition) is 0. The average Bonchev–Trinajstić information content (AvgIpc) is 3.74. The number of rotatable bonds is 4. The van der Waals surface area contributed by atoms with Gasteiger partial charge in [0.25, 0.3) is 5.79 Å². The molecule has 2 saturated heterocycles. The first kappa shape index (κ1) is 27.3. The smallest absolute Gasteiger partial charge is 0.308 e. The van der Waals surface area contributed by atoms with E-state index in [-0.39, 0.29) is 52.0 Å². The number of fused-ring (bicyclic) bond motifs is 4. The Morgan fingerprint density at radius 1 is 1.05 bits per heavy atom. The highest BCUT2D eigenvalue weighted by molar-refractivity contribution is 6.36. The van der Waals surface area contributed by atoms with E-state index < -0.39 is 41.5 Å². The van der Waals surface area contributed by atoms with Crippen LogP contribution in [0.15, 0.2) is 18.2 Å². The van der Waals surface area contributed by atoms with Gasteiger partial charge in [-0.25, -0.2) is 0 Å². The Labute approximate surface area is 234 Å². The van der Waals surface area contributed by atoms with E-state index in [1.807, 2.05) is 0 Å². The van der Waals surface area contributed by atoms with E-state index in [1.54, 1.807) is 13.0 Å². The van der Waals surface area contributed by atoms with Gasteiger partial charge in [-0.3, -0.25) is 14.4 Å². The van der Waals surface area contributed by atoms with Crippen molar-refractivity contribution in [3.8, 4) is 11.5 Å². The molecular weight excluding hydrogens is 548 g/mol. The monoisotopic (exact) mass is 574 g/mol. The predicted molar refractivity (Wildman–Crippen MR) is 136 cm³/mol. The lowest BCUT2D eigenvalue weighted by atomic mass is 9.80. The topological polar surface area (TPSA) is 128 Å². The van der Waals surface area contributed by atoms with Crippen LogP contribution in [0.2, 0.25) is 5.02 Å². The van der Waals surface area contributed by atoms with Crippen LogP contribution in [0.1, 0.15) is 56.3 Å². The molecule has 11 nitrogen and oxygen atoms in total. The number of carbonyl (C=O) groups is 3. The van der Waals surface area contributed by atoms with Crippen molar-refractivity contribution in [2.75, 3.05) is 34.0 Å². The maximum absolute atomic E-state index is 14.1. The van der Waals surface area contributed by atoms with Crippen LogP contribution in [-0.2, 0) is 39.8 Å². The molecule has 0 amide bonds. The SMILES string of the molecule is CO[C@@H]1Oc2c(c(C)cc3c2C(=O)c2c(ccc(Cl)c2OC(C)=O)C3=O)COC(OC)(C2OCCCO2)[C@]12CO2. The Balaban J connectivity index is 1.53. The van der Waals surface area contributed by atoms with Crippen LogP contribution < -0.4 is 9.47 Å². The summed E-state index contributed by atoms with van der Waals surface area (Å²) in [5.74, 6) is -3.42. The Hall–Kier alpha value is -2.90. The summed E-state index contributed by atoms with van der Waals surface area (Å²) in [6.45, 7) is 3.83. The third-order valence-corrected chi connectivity index (χ3v) is 7.94. The van der Waals surface area contributed by atoms with E-state index in [1.165, 1.54) is 33.3 Å². The van der Waals surface area contributed by atoms with Crippen molar-refractivity contribution in [3.05, 3.63) is 56.6 Å². The fourth-order valence-electron chi connectivity index (χ4n) is 5.65. The van der Waals surface area contributed by atoms with E-state index in [9.17, 15) is 14.4 Å². The van der Waals surface area contributed by atoms with Crippen molar-refractivity contribution in [2.24, 2.45) is 0 Å². The average molecular weight is 575 g/mol. The van der Waals surface area contributed by atoms with Gasteiger partial charge in [-0.15, -0.1) is 0 Å². The Morgan fingerprint density at radius 3 is 2.40 bits per heavy atom. The third-order valence-electron chi connectivity index (χ3n) is 7.64. The van der Waals surface area contributed by atoms with Crippen molar-refractivity contribution in [1.29, 1.82) is 0 Å². The van der Waals surface area contributed by atoms with Gasteiger partial charge in [0.15, 0.2) is 11.5 Å². The zero-order chi connectivity index (χ0) is 28.4. The molecule has 12 heteroatoms. The number of aryl methyl sites for hydroxylation is 1. The molecule has 4 aliphatic rings. The molecule has 1 aliphatic carbocycles. The van der Waals surface area contributed by atoms with Gasteiger partial charge in [0.05, 0.1) is 42.6 Å². The number of carbonyl (C=O) groups excluding carboxylic acids is 3. The van der Waals surface area contributed by atoms with Gasteiger partial charge in [0.1, 0.15) is 5.75 Å². The van der Waals surface area contributed by atoms with Crippen molar-refractivity contribution in [3.63, 3.8) is 0 Å². The lowest BCUT2D eigenvalue weighted by Gasteiger charge is -2.46. The van der Waals surface area contributed by atoms with Crippen LogP contribution >= 0.6 is 11.6 Å². The molecule has 1 spiro atoms. The molecule has 212 valence electrons. The molecule has 3 heterocycles. The highest BCUT2D eigenvalue weighted by Gasteiger charge is 2.75. The second-order valence-corrected chi connectivity index (χ2v) is 10.3. The van der Waals surface area contributed by atoms with Crippen LogP contribution in [0.4, 0.5) is 0 Å². The van der Waals surface area contributed by atoms with Crippen molar-refractivity contribution in [2.45, 2.75) is 50.8 Å². The molecule has 40 heavy (non-hydrogen) atoms. The Morgan fingerprint density at radius 2 is 1.77 bits per heavy atom. The first-order valence-corrected chi connectivity index (χ1v) is 13.1. The highest BCUT2D eigenvalue weighted by atomic mass is 35.5. The molecule has 0 aromatic heterocycles. The number of halogens is 1. The minimum atomic E-state index is -1.57. The van der Waals surface area contributed by atoms with E-state index in [0.717, 1.165) is 0 Å². The molecule has 2 aromatic carbocycles. The van der Waals surface area contributed by atoms with E-state index in [0.29, 0.717) is 30.8 Å². The molecule has 3 aliphatic heterocycles. The van der Waals surface area contributed by atoms with Gasteiger partial charge >= 0.3 is 5.97 Å². The van der Waals surface area contributed by atoms with Crippen LogP contribution in [0.5, 0.6) is 11.5 Å². The molecule has 2 fully saturated rings. The summed E-state index contributed by atoms with van der Waals surface area (Å²) in [7, 11) is 2.88. The quantitative estimate of drug-likeness (QED) is 0.259. The molecule has 0 radical (unpaired) electrons. The third kappa shape index (κ3) is 3.84. The number of esters is 1. The number of methoxy groups -OCH3 is 2. The normalized spacial score (nSPS) is 27.7. The summed E-state index contributed by atoms with van der Waals surface area (Å²) in [6.07, 6.45) is -1.40. The molecule has 0 saturated carbocycles. The van der Waals surface area contributed by atoms with Gasteiger partial charge in [-0.05, 0) is 37.1 Å². The molecule has 2 aromatic rings. The van der Waals surface area contributed by atoms with Crippen molar-refractivity contribution >= 4 is 29.1 Å². The zero-order valence-corrected chi connectivity index (χ0v) is 23.0. The molecule has 3 atom stereocenters. The fraction of sp³-hybridized carbons (Fsp3) is 0.464. The standard InChI is InChI=1S/C28H27ClO11/c1-13-10-16-20(22(32)19-15(21(16)31)6-7-18(29)24(19)39-14(2)30)23-17(13)11-37-28(34-4,26-35-8-5-9-36-26)27(12-38-27)25(33-3)40-23/h6-7,10,25-26H,5,8-9,11-12H2,1-4H3/t25-,27+,28?/m1/s1. The maximum atomic E-state index is 14.1. The minimum absolute atomic E-state index is 0.00950. The summed E-state index contributed by atoms with van der Waals surface area (Å²) in [6, 6.07) is 4.46. The van der Waals surface area contributed by atoms with Crippen LogP contribution in [-0.4, -0.2) is 75.5 Å². The van der Waals surface area contributed by atoms with Gasteiger partial charge in [-0.2, -0.15) is 0 Å². The van der Waals surface area contributed by atoms with E-state index >= 15 is 0 Å². The fourth-order valence-corrected chi connectivity index (χ4v) is 5.85. The molecule has 0 bridgehead atoms. The minimum Gasteiger partial charge on any atom is -0.460 e. The number of epoxide rings is 1. The summed E-state index contributed by atoms with van der Waals surface area (Å²) >= 11 is 6.31. The summed E-state index contributed by atoms with van der Waals surface area (Å²) in [5, 5.41) is 0.00950. The second-order valence-electron chi connectivity index (χ2n) is 9.93. The molecule has 0 N–H and O–H groups in total. The lowest BCUT2D eigenvalue weighted by molar-refractivity contribution is -0.398.